The van der Waals surface area contributed by atoms with Crippen LogP contribution in [0.2, 0.25) is 0 Å². The maximum atomic E-state index is 11.4. The van der Waals surface area contributed by atoms with Crippen molar-refractivity contribution in [3.63, 3.8) is 0 Å². The molecule has 3 N–H and O–H groups in total. The third kappa shape index (κ3) is 4.43. The van der Waals surface area contributed by atoms with Crippen LogP contribution >= 0.6 is 0 Å². The molecule has 7 nitrogen and oxygen atoms in total. The number of H-pyrrole nitrogens is 1. The highest BCUT2D eigenvalue weighted by Gasteiger charge is 2.18. The molecule has 0 aliphatic carbocycles. The van der Waals surface area contributed by atoms with Gasteiger partial charge in [-0.25, -0.2) is 0 Å². The molecule has 1 aliphatic heterocycles. The lowest BCUT2D eigenvalue weighted by atomic mass is 10.1. The molecule has 1 amide bonds. The minimum absolute atomic E-state index is 0.00105. The van der Waals surface area contributed by atoms with Crippen molar-refractivity contribution in [2.45, 2.75) is 19.3 Å². The molecule has 0 unspecified atom stereocenters. The average Bonchev–Trinajstić information content (AvgIpc) is 3.44. The Morgan fingerprint density at radius 1 is 1.18 bits per heavy atom. The van der Waals surface area contributed by atoms with Crippen LogP contribution in [0.5, 0.6) is 0 Å². The molecule has 33 heavy (non-hydrogen) atoms. The molecule has 5 rings (SSSR count). The summed E-state index contributed by atoms with van der Waals surface area (Å²) in [7, 11) is 0. The molecule has 3 heterocycles. The normalized spacial score (nSPS) is 19.5. The fourth-order valence-corrected chi connectivity index (χ4v) is 4.19. The average molecular weight is 446 g/mol. The number of amides is 1. The van der Waals surface area contributed by atoms with Gasteiger partial charge in [0.2, 0.25) is 0 Å². The Kier molecular flexibility index (Phi) is 4.59. The van der Waals surface area contributed by atoms with Gasteiger partial charge in [0.15, 0.2) is 5.76 Å². The number of hydrogen-bond acceptors (Lipinski definition) is 5. The van der Waals surface area contributed by atoms with Crippen molar-refractivity contribution in [3.8, 4) is 6.07 Å². The highest BCUT2D eigenvalue weighted by Crippen LogP contribution is 2.26. The van der Waals surface area contributed by atoms with Crippen molar-refractivity contribution in [1.29, 1.82) is 5.26 Å². The lowest BCUT2D eigenvalue weighted by molar-refractivity contribution is 0.0976. The third-order valence-electron chi connectivity index (χ3n) is 5.97. The van der Waals surface area contributed by atoms with Crippen molar-refractivity contribution in [1.82, 2.24) is 9.88 Å². The summed E-state index contributed by atoms with van der Waals surface area (Å²) < 4.78 is 40.2. The van der Waals surface area contributed by atoms with Gasteiger partial charge in [-0.3, -0.25) is 9.69 Å². The molecule has 1 fully saturated rings. The maximum Gasteiger partial charge on any atom is 0.284 e. The fraction of sp³-hybridized carbons (Fsp3) is 0.308. The Hall–Kier alpha value is -3.76. The number of nitrogens with two attached hydrogens (primary N) is 1. The van der Waals surface area contributed by atoms with Crippen LogP contribution in [0, 0.1) is 11.3 Å². The van der Waals surface area contributed by atoms with Crippen molar-refractivity contribution < 1.29 is 14.7 Å². The number of nitrogens with one attached hydrogen (secondary N) is 1. The first-order valence-corrected chi connectivity index (χ1v) is 10.9. The number of nitrogens with zero attached hydrogens (tertiary/aromatic N) is 3. The molecule has 7 heteroatoms. The predicted molar refractivity (Wildman–Crippen MR) is 129 cm³/mol. The summed E-state index contributed by atoms with van der Waals surface area (Å²) in [4.78, 5) is 17.7. The molecule has 1 aliphatic rings. The van der Waals surface area contributed by atoms with Gasteiger partial charge in [-0.15, -0.1) is 0 Å². The number of furan rings is 1. The van der Waals surface area contributed by atoms with Crippen LogP contribution in [0.25, 0.3) is 21.9 Å². The molecule has 1 saturated heterocycles. The van der Waals surface area contributed by atoms with E-state index in [1.54, 1.807) is 24.3 Å². The number of aryl methyl sites for hydroxylation is 1. The number of rotatable bonds is 7. The summed E-state index contributed by atoms with van der Waals surface area (Å²) in [5.41, 5.74) is 8.84. The van der Waals surface area contributed by atoms with Crippen LogP contribution in [0.15, 0.2) is 53.1 Å². The van der Waals surface area contributed by atoms with Gasteiger partial charge < -0.3 is 20.0 Å². The topological polar surface area (TPSA) is 102 Å². The minimum atomic E-state index is -1.96. The lowest BCUT2D eigenvalue weighted by Gasteiger charge is -2.36. The van der Waals surface area contributed by atoms with E-state index in [-0.39, 0.29) is 18.8 Å². The summed E-state index contributed by atoms with van der Waals surface area (Å²) in [5, 5.41) is 10.8. The zero-order chi connectivity index (χ0) is 26.4. The highest BCUT2D eigenvalue weighted by atomic mass is 16.3. The Bertz CT molecular complexity index is 1500. The Balaban J connectivity index is 1.25. The Morgan fingerprint density at radius 3 is 2.82 bits per heavy atom. The molecule has 0 saturated carbocycles. The molecular formula is C26H27N5O2. The largest absolute Gasteiger partial charge is 0.451 e. The van der Waals surface area contributed by atoms with Crippen LogP contribution < -0.4 is 10.6 Å². The van der Waals surface area contributed by atoms with E-state index >= 15 is 0 Å². The molecule has 0 atom stereocenters. The monoisotopic (exact) mass is 445 g/mol. The van der Waals surface area contributed by atoms with Gasteiger partial charge in [0.1, 0.15) is 5.58 Å². The van der Waals surface area contributed by atoms with E-state index < -0.39 is 18.9 Å². The Labute approximate surface area is 198 Å². The smallest absolute Gasteiger partial charge is 0.284 e. The number of aromatic amines is 1. The lowest BCUT2D eigenvalue weighted by Crippen LogP contribution is -2.46. The number of benzene rings is 2. The van der Waals surface area contributed by atoms with Gasteiger partial charge in [0.25, 0.3) is 5.91 Å². The SMILES string of the molecule is [2H]C1([2H])CN(CCCCc2c[nH]c3ccc(C#N)cc23)CC([2H])([2H])N1c1ccc2oc(C(N)=O)cc2c1. The van der Waals surface area contributed by atoms with Crippen molar-refractivity contribution in [2.24, 2.45) is 5.73 Å². The second-order valence-electron chi connectivity index (χ2n) is 8.20. The van der Waals surface area contributed by atoms with Crippen LogP contribution in [-0.2, 0) is 6.42 Å². The number of carbonyl (C=O) groups is 1. The summed E-state index contributed by atoms with van der Waals surface area (Å²) in [5.74, 6) is -0.699. The number of primary amides is 1. The molecule has 0 bridgehead atoms. The van der Waals surface area contributed by atoms with E-state index in [4.69, 9.17) is 15.6 Å². The molecule has 2 aromatic heterocycles. The number of fused-ring (bicyclic) bond motifs is 2. The zero-order valence-electron chi connectivity index (χ0n) is 22.1. The molecule has 0 spiro atoms. The van der Waals surface area contributed by atoms with Crippen LogP contribution in [0.3, 0.4) is 0 Å². The number of hydrogen-bond donors (Lipinski definition) is 2. The van der Waals surface area contributed by atoms with E-state index in [0.717, 1.165) is 35.7 Å². The molecule has 2 aromatic carbocycles. The maximum absolute atomic E-state index is 11.4. The highest BCUT2D eigenvalue weighted by molar-refractivity contribution is 5.95. The van der Waals surface area contributed by atoms with Gasteiger partial charge in [0.05, 0.1) is 17.1 Å². The standard InChI is InChI=1S/C26H27N5O2/c27-16-18-4-6-23-22(13-18)19(17-29-23)3-1-2-8-30-9-11-31(12-10-30)21-5-7-24-20(14-21)15-25(33-24)26(28)32/h4-7,13-15,17,29H,1-3,8-12H2,(H2,28,32)/i11D2,12D2. The van der Waals surface area contributed by atoms with Crippen LogP contribution in [0.4, 0.5) is 5.69 Å². The van der Waals surface area contributed by atoms with Gasteiger partial charge in [-0.2, -0.15) is 5.26 Å². The van der Waals surface area contributed by atoms with Gasteiger partial charge in [-0.05, 0) is 73.8 Å². The van der Waals surface area contributed by atoms with Gasteiger partial charge >= 0.3 is 0 Å². The first kappa shape index (κ1) is 16.8. The van der Waals surface area contributed by atoms with Crippen molar-refractivity contribution >= 4 is 33.5 Å². The predicted octanol–water partition coefficient (Wildman–Crippen LogP) is 4.03. The quantitative estimate of drug-likeness (QED) is 0.418. The number of aromatic nitrogens is 1. The molecule has 0 radical (unpaired) electrons. The fourth-order valence-electron chi connectivity index (χ4n) is 4.19. The van der Waals surface area contributed by atoms with E-state index in [1.165, 1.54) is 11.0 Å². The van der Waals surface area contributed by atoms with E-state index in [2.05, 4.69) is 11.1 Å². The summed E-state index contributed by atoms with van der Waals surface area (Å²) >= 11 is 0. The van der Waals surface area contributed by atoms with Gasteiger partial charge in [-0.1, -0.05) is 0 Å². The van der Waals surface area contributed by atoms with E-state index in [9.17, 15) is 10.1 Å². The third-order valence-corrected chi connectivity index (χ3v) is 5.97. The molecule has 4 aromatic rings. The number of unbranched alkanes of at least 4 members (excludes halogenated alkanes) is 1. The summed E-state index contributed by atoms with van der Waals surface area (Å²) in [6.07, 6.45) is 4.42. The molecular weight excluding hydrogens is 414 g/mol. The van der Waals surface area contributed by atoms with Crippen molar-refractivity contribution in [3.05, 3.63) is 65.5 Å². The van der Waals surface area contributed by atoms with Crippen LogP contribution in [-0.4, -0.2) is 48.4 Å². The van der Waals surface area contributed by atoms with Gasteiger partial charge in [0, 0.05) is 54.3 Å². The molecule has 168 valence electrons. The minimum Gasteiger partial charge on any atom is -0.451 e. The van der Waals surface area contributed by atoms with E-state index in [1.807, 2.05) is 23.2 Å². The Morgan fingerprint density at radius 2 is 2.03 bits per heavy atom. The van der Waals surface area contributed by atoms with E-state index in [0.29, 0.717) is 28.8 Å². The zero-order valence-corrected chi connectivity index (χ0v) is 18.1. The van der Waals surface area contributed by atoms with Crippen molar-refractivity contribution in [2.75, 3.05) is 37.5 Å². The second kappa shape index (κ2) is 9.00. The number of piperazine rings is 1. The first-order valence-electron chi connectivity index (χ1n) is 12.9. The summed E-state index contributed by atoms with van der Waals surface area (Å²) in [6, 6.07) is 14.1. The first-order chi connectivity index (χ1) is 17.6. The number of anilines is 1. The number of nitriles is 1. The second-order valence-corrected chi connectivity index (χ2v) is 8.20. The van der Waals surface area contributed by atoms with Crippen LogP contribution in [0.1, 0.15) is 40.0 Å². The number of carbonyl (C=O) groups excluding carboxylic acids is 1. The summed E-state index contributed by atoms with van der Waals surface area (Å²) in [6.45, 7) is -3.24.